The summed E-state index contributed by atoms with van der Waals surface area (Å²) in [6.45, 7) is -2.16. The van der Waals surface area contributed by atoms with E-state index in [0.717, 1.165) is 65.8 Å². The maximum absolute atomic E-state index is 7.78. The van der Waals surface area contributed by atoms with Gasteiger partial charge in [0.25, 0.3) is 0 Å². The summed E-state index contributed by atoms with van der Waals surface area (Å²) in [5, 5.41) is 6.19. The number of furan rings is 2. The largest absolute Gasteiger partial charge is 0.455 e. The van der Waals surface area contributed by atoms with Crippen LogP contribution in [0.25, 0.3) is 65.8 Å². The molecular weight excluding hydrogens is 380 g/mol. The highest BCUT2D eigenvalue weighted by Gasteiger charge is 2.17. The van der Waals surface area contributed by atoms with Crippen LogP contribution in [0.1, 0.15) is 9.68 Å². The minimum absolute atomic E-state index is 0.316. The molecule has 0 aliphatic heterocycles. The third kappa shape index (κ3) is 2.27. The molecule has 0 spiro atoms. The van der Waals surface area contributed by atoms with Gasteiger partial charge in [-0.2, -0.15) is 0 Å². The minimum atomic E-state index is -2.16. The number of rotatable bonds is 1. The molecule has 0 bridgehead atoms. The molecule has 2 aromatic heterocycles. The van der Waals surface area contributed by atoms with Crippen LogP contribution in [0.4, 0.5) is 0 Å². The third-order valence-corrected chi connectivity index (χ3v) is 6.17. The lowest BCUT2D eigenvalue weighted by atomic mass is 10.00. The average molecular weight is 401 g/mol. The lowest BCUT2D eigenvalue weighted by Gasteiger charge is -2.03. The first-order valence-corrected chi connectivity index (χ1v) is 10.3. The van der Waals surface area contributed by atoms with Crippen molar-refractivity contribution in [3.05, 3.63) is 96.6 Å². The number of benzene rings is 5. The molecule has 0 aliphatic carbocycles. The maximum atomic E-state index is 7.78. The van der Waals surface area contributed by atoms with Crippen molar-refractivity contribution in [3.63, 3.8) is 0 Å². The van der Waals surface area contributed by atoms with Gasteiger partial charge in [-0.3, -0.25) is 0 Å². The van der Waals surface area contributed by atoms with Crippen LogP contribution in [-0.4, -0.2) is 0 Å². The number of fused-ring (bicyclic) bond motifs is 9. The molecule has 0 saturated heterocycles. The molecule has 7 aromatic rings. The molecule has 7 rings (SSSR count). The second kappa shape index (κ2) is 5.99. The Balaban J connectivity index is 1.53. The predicted molar refractivity (Wildman–Crippen MR) is 129 cm³/mol. The first-order chi connectivity index (χ1) is 16.5. The third-order valence-electron chi connectivity index (χ3n) is 6.17. The Kier molecular flexibility index (Phi) is 2.72. The average Bonchev–Trinajstić information content (AvgIpc) is 3.42. The van der Waals surface area contributed by atoms with Gasteiger partial charge in [0.1, 0.15) is 22.3 Å². The molecular formula is C29H18O2. The Morgan fingerprint density at radius 3 is 2.00 bits per heavy atom. The van der Waals surface area contributed by atoms with Crippen LogP contribution in [-0.2, 0) is 0 Å². The van der Waals surface area contributed by atoms with E-state index >= 15 is 0 Å². The van der Waals surface area contributed by atoms with Crippen LogP contribution >= 0.6 is 0 Å². The fourth-order valence-corrected chi connectivity index (χ4v) is 4.76. The van der Waals surface area contributed by atoms with E-state index in [9.17, 15) is 0 Å². The highest BCUT2D eigenvalue weighted by Crippen LogP contribution is 2.41. The highest BCUT2D eigenvalue weighted by molar-refractivity contribution is 6.23. The van der Waals surface area contributed by atoms with E-state index in [-0.39, 0.29) is 0 Å². The standard InChI is InChI=1S/C29H18O2/c1-17-6-4-7-18(16-17)19-9-5-10-21-23-14-15-24-25(29(23)31-27(19)21)13-12-22-20-8-2-3-11-26(20)30-28(22)24/h2-16H,1H3/i1D3. The first-order valence-electron chi connectivity index (χ1n) is 11.8. The summed E-state index contributed by atoms with van der Waals surface area (Å²) in [5.74, 6) is 0. The molecule has 0 saturated carbocycles. The summed E-state index contributed by atoms with van der Waals surface area (Å²) < 4.78 is 36.1. The van der Waals surface area contributed by atoms with E-state index in [1.165, 1.54) is 0 Å². The Labute approximate surface area is 182 Å². The van der Waals surface area contributed by atoms with Crippen molar-refractivity contribution in [2.75, 3.05) is 0 Å². The van der Waals surface area contributed by atoms with Crippen molar-refractivity contribution in [2.24, 2.45) is 0 Å². The van der Waals surface area contributed by atoms with Gasteiger partial charge in [-0.05, 0) is 42.7 Å². The van der Waals surface area contributed by atoms with Crippen LogP contribution in [0.15, 0.2) is 99.8 Å². The number of hydrogen-bond acceptors (Lipinski definition) is 2. The zero-order valence-electron chi connectivity index (χ0n) is 19.5. The van der Waals surface area contributed by atoms with Crippen molar-refractivity contribution < 1.29 is 12.9 Å². The Morgan fingerprint density at radius 1 is 0.548 bits per heavy atom. The van der Waals surface area contributed by atoms with E-state index in [1.807, 2.05) is 42.5 Å². The molecule has 146 valence electrons. The molecule has 5 aromatic carbocycles. The SMILES string of the molecule is [2H]C([2H])([2H])c1cccc(-c2cccc3c2oc2c3ccc3c2ccc2c4ccccc4oc23)c1. The monoisotopic (exact) mass is 401 g/mol. The molecule has 2 heteroatoms. The summed E-state index contributed by atoms with van der Waals surface area (Å²) in [6.07, 6.45) is 0. The molecule has 0 radical (unpaired) electrons. The number of aryl methyl sites for hydroxylation is 1. The van der Waals surface area contributed by atoms with Gasteiger partial charge < -0.3 is 8.83 Å². The van der Waals surface area contributed by atoms with Gasteiger partial charge in [-0.15, -0.1) is 0 Å². The number of para-hydroxylation sites is 2. The van der Waals surface area contributed by atoms with Crippen LogP contribution in [0, 0.1) is 6.85 Å². The Bertz CT molecular complexity index is 1900. The van der Waals surface area contributed by atoms with Gasteiger partial charge in [0.05, 0.1) is 0 Å². The molecule has 2 heterocycles. The van der Waals surface area contributed by atoms with E-state index in [2.05, 4.69) is 30.3 Å². The quantitative estimate of drug-likeness (QED) is 0.275. The molecule has 0 unspecified atom stereocenters. The zero-order valence-corrected chi connectivity index (χ0v) is 16.5. The summed E-state index contributed by atoms with van der Waals surface area (Å²) >= 11 is 0. The predicted octanol–water partition coefficient (Wildman–Crippen LogP) is 8.61. The zero-order chi connectivity index (χ0) is 23.0. The smallest absolute Gasteiger partial charge is 0.143 e. The second-order valence-electron chi connectivity index (χ2n) is 7.94. The van der Waals surface area contributed by atoms with Crippen LogP contribution in [0.3, 0.4) is 0 Å². The lowest BCUT2D eigenvalue weighted by molar-refractivity contribution is 0.670. The highest BCUT2D eigenvalue weighted by atomic mass is 16.3. The maximum Gasteiger partial charge on any atom is 0.143 e. The lowest BCUT2D eigenvalue weighted by Crippen LogP contribution is -1.80. The van der Waals surface area contributed by atoms with Crippen molar-refractivity contribution in [3.8, 4) is 11.1 Å². The molecule has 0 amide bonds. The molecule has 0 fully saturated rings. The fourth-order valence-electron chi connectivity index (χ4n) is 4.76. The summed E-state index contributed by atoms with van der Waals surface area (Å²) in [5.41, 5.74) is 5.28. The Morgan fingerprint density at radius 2 is 1.19 bits per heavy atom. The van der Waals surface area contributed by atoms with Gasteiger partial charge in [0.2, 0.25) is 0 Å². The van der Waals surface area contributed by atoms with Gasteiger partial charge in [0, 0.05) is 42.0 Å². The van der Waals surface area contributed by atoms with Gasteiger partial charge in [0.15, 0.2) is 0 Å². The molecule has 2 nitrogen and oxygen atoms in total. The molecule has 31 heavy (non-hydrogen) atoms. The van der Waals surface area contributed by atoms with Crippen LogP contribution in [0.2, 0.25) is 0 Å². The summed E-state index contributed by atoms with van der Waals surface area (Å²) in [6, 6.07) is 29.5. The second-order valence-corrected chi connectivity index (χ2v) is 7.94. The van der Waals surface area contributed by atoms with Crippen molar-refractivity contribution in [2.45, 2.75) is 6.85 Å². The topological polar surface area (TPSA) is 26.3 Å². The molecule has 0 N–H and O–H groups in total. The summed E-state index contributed by atoms with van der Waals surface area (Å²) in [4.78, 5) is 0. The Hall–Kier alpha value is -4.04. The first kappa shape index (κ1) is 14.1. The van der Waals surface area contributed by atoms with E-state index < -0.39 is 6.85 Å². The van der Waals surface area contributed by atoms with Gasteiger partial charge in [-0.1, -0.05) is 66.2 Å². The van der Waals surface area contributed by atoms with Gasteiger partial charge in [-0.25, -0.2) is 0 Å². The molecule has 0 atom stereocenters. The van der Waals surface area contributed by atoms with E-state index in [0.29, 0.717) is 5.56 Å². The normalized spacial score (nSPS) is 13.9. The van der Waals surface area contributed by atoms with Crippen LogP contribution in [0.5, 0.6) is 0 Å². The van der Waals surface area contributed by atoms with Crippen molar-refractivity contribution in [1.82, 2.24) is 0 Å². The minimum Gasteiger partial charge on any atom is -0.455 e. The van der Waals surface area contributed by atoms with Crippen molar-refractivity contribution >= 4 is 54.6 Å². The van der Waals surface area contributed by atoms with Gasteiger partial charge >= 0.3 is 0 Å². The van der Waals surface area contributed by atoms with Crippen molar-refractivity contribution in [1.29, 1.82) is 0 Å². The fraction of sp³-hybridized carbons (Fsp3) is 0.0345. The number of hydrogen-bond donors (Lipinski definition) is 0. The van der Waals surface area contributed by atoms with Crippen LogP contribution < -0.4 is 0 Å². The van der Waals surface area contributed by atoms with E-state index in [1.54, 1.807) is 18.2 Å². The molecule has 0 aliphatic rings. The van der Waals surface area contributed by atoms with E-state index in [4.69, 9.17) is 12.9 Å². The summed E-state index contributed by atoms with van der Waals surface area (Å²) in [7, 11) is 0.